The minimum Gasteiger partial charge on any atom is -0.743 e. The van der Waals surface area contributed by atoms with Crippen LogP contribution in [0.15, 0.2) is 35.2 Å². The van der Waals surface area contributed by atoms with Gasteiger partial charge in [-0.2, -0.15) is 74.6 Å². The summed E-state index contributed by atoms with van der Waals surface area (Å²) in [6.07, 6.45) is -5.01. The third-order valence-corrected chi connectivity index (χ3v) is 8.50. The third-order valence-electron chi connectivity index (χ3n) is 5.12. The van der Waals surface area contributed by atoms with Crippen LogP contribution in [0.3, 0.4) is 0 Å². The van der Waals surface area contributed by atoms with Crippen molar-refractivity contribution in [2.24, 2.45) is 0 Å². The molecule has 1 heterocycles. The largest absolute Gasteiger partial charge is 0.743 e. The molecule has 234 valence electrons. The van der Waals surface area contributed by atoms with Crippen LogP contribution in [0.25, 0.3) is 0 Å². The molecular weight excluding hydrogens is 651 g/mol. The van der Waals surface area contributed by atoms with Gasteiger partial charge in [-0.25, -0.2) is 8.42 Å². The van der Waals surface area contributed by atoms with Gasteiger partial charge in [0.2, 0.25) is 0 Å². The highest BCUT2D eigenvalue weighted by Gasteiger charge is 2.95. The molecule has 1 aliphatic rings. The molecule has 1 aromatic rings. The van der Waals surface area contributed by atoms with E-state index in [1.54, 1.807) is 4.90 Å². The molecule has 1 aromatic carbocycles. The maximum Gasteiger partial charge on any atom is 0.460 e. The van der Waals surface area contributed by atoms with E-state index in [2.05, 4.69) is 30.3 Å². The molecule has 0 N–H and O–H groups in total. The van der Waals surface area contributed by atoms with Gasteiger partial charge in [-0.3, -0.25) is 0 Å². The lowest BCUT2D eigenvalue weighted by atomic mass is 9.91. The van der Waals surface area contributed by atoms with Gasteiger partial charge in [0.05, 0.1) is 0 Å². The maximum atomic E-state index is 13.0. The van der Waals surface area contributed by atoms with Crippen LogP contribution in [0.5, 0.6) is 0 Å². The summed E-state index contributed by atoms with van der Waals surface area (Å²) >= 11 is 0. The van der Waals surface area contributed by atoms with Crippen molar-refractivity contribution in [2.45, 2.75) is 64.7 Å². The van der Waals surface area contributed by atoms with Gasteiger partial charge in [0.15, 0.2) is 15.0 Å². The van der Waals surface area contributed by atoms with Crippen molar-refractivity contribution in [3.63, 3.8) is 0 Å². The molecule has 3 nitrogen and oxygen atoms in total. The highest BCUT2D eigenvalue weighted by atomic mass is 32.2. The standard InChI is InChI=1S/C10H13S.C8HF17O3S/c1-2-6-10(7-3-1)11-8-4-5-9-11;9-1(10,3(13,14)5(17,18)7(21,22)23)2(11,12)4(15,16)6(19,20)8(24,25)29(26,27)28/h1-3,6-7H,4-5,8-9H2;(H,26,27,28)/q+1;/p-1. The van der Waals surface area contributed by atoms with Crippen molar-refractivity contribution < 1.29 is 87.6 Å². The Balaban J connectivity index is 0.000000592. The summed E-state index contributed by atoms with van der Waals surface area (Å²) < 4.78 is 244. The zero-order valence-corrected chi connectivity index (χ0v) is 20.3. The Morgan fingerprint density at radius 1 is 0.550 bits per heavy atom. The van der Waals surface area contributed by atoms with Gasteiger partial charge in [0.1, 0.15) is 11.5 Å². The minimum atomic E-state index is -8.92. The molecule has 0 amide bonds. The molecule has 40 heavy (non-hydrogen) atoms. The Morgan fingerprint density at radius 2 is 0.875 bits per heavy atom. The van der Waals surface area contributed by atoms with Gasteiger partial charge >= 0.3 is 47.0 Å². The van der Waals surface area contributed by atoms with E-state index in [0.717, 1.165) is 0 Å². The van der Waals surface area contributed by atoms with E-state index in [4.69, 9.17) is 0 Å². The van der Waals surface area contributed by atoms with E-state index in [1.807, 2.05) is 0 Å². The molecule has 2 rings (SSSR count). The zero-order chi connectivity index (χ0) is 32.0. The monoisotopic (exact) mass is 664 g/mol. The molecule has 0 aliphatic carbocycles. The molecule has 0 atom stereocenters. The predicted octanol–water partition coefficient (Wildman–Crippen LogP) is 6.96. The van der Waals surface area contributed by atoms with Gasteiger partial charge < -0.3 is 4.55 Å². The molecule has 0 radical (unpaired) electrons. The predicted molar refractivity (Wildman–Crippen MR) is 101 cm³/mol. The smallest absolute Gasteiger partial charge is 0.460 e. The first-order valence-electron chi connectivity index (χ1n) is 9.86. The Kier molecular flexibility index (Phi) is 9.85. The Morgan fingerprint density at radius 3 is 1.20 bits per heavy atom. The summed E-state index contributed by atoms with van der Waals surface area (Å²) in [6.45, 7) is 0. The summed E-state index contributed by atoms with van der Waals surface area (Å²) in [7, 11) is -7.53. The lowest BCUT2D eigenvalue weighted by molar-refractivity contribution is -0.458. The van der Waals surface area contributed by atoms with E-state index < -0.39 is 57.1 Å². The average Bonchev–Trinajstić information content (AvgIpc) is 3.33. The SMILES string of the molecule is O=S(=O)([O-])C(F)(F)C(F)(F)C(F)(F)C(F)(F)C(F)(F)C(F)(F)C(F)(F)C(F)(F)F.c1ccc([S+]2CCCC2)cc1. The third kappa shape index (κ3) is 5.67. The molecule has 0 bridgehead atoms. The van der Waals surface area contributed by atoms with E-state index in [9.17, 15) is 87.6 Å². The second-order valence-corrected chi connectivity index (χ2v) is 11.5. The van der Waals surface area contributed by atoms with Crippen molar-refractivity contribution in [1.29, 1.82) is 0 Å². The van der Waals surface area contributed by atoms with E-state index in [-0.39, 0.29) is 0 Å². The molecule has 0 aromatic heterocycles. The lowest BCUT2D eigenvalue weighted by Crippen LogP contribution is -2.75. The van der Waals surface area contributed by atoms with Crippen LogP contribution in [0.1, 0.15) is 12.8 Å². The summed E-state index contributed by atoms with van der Waals surface area (Å²) in [5.74, 6) is -49.3. The van der Waals surface area contributed by atoms with Gasteiger partial charge in [-0.05, 0) is 25.0 Å². The topological polar surface area (TPSA) is 57.2 Å². The fourth-order valence-electron chi connectivity index (χ4n) is 2.81. The van der Waals surface area contributed by atoms with Crippen molar-refractivity contribution >= 4 is 21.0 Å². The summed E-state index contributed by atoms with van der Waals surface area (Å²) in [5.41, 5.74) is 0. The second-order valence-electron chi connectivity index (χ2n) is 7.84. The Hall–Kier alpha value is -1.71. The normalized spacial score (nSPS) is 17.4. The highest BCUT2D eigenvalue weighted by Crippen LogP contribution is 2.64. The summed E-state index contributed by atoms with van der Waals surface area (Å²) in [6, 6.07) is 11.0. The molecule has 1 saturated heterocycles. The fraction of sp³-hybridized carbons (Fsp3) is 0.667. The quantitative estimate of drug-likeness (QED) is 0.172. The number of alkyl halides is 17. The first kappa shape index (κ1) is 36.3. The zero-order valence-electron chi connectivity index (χ0n) is 18.7. The first-order valence-corrected chi connectivity index (χ1v) is 12.8. The molecule has 1 fully saturated rings. The van der Waals surface area contributed by atoms with Gasteiger partial charge in [0.25, 0.3) is 0 Å². The maximum absolute atomic E-state index is 13.0. The molecule has 22 heteroatoms. The van der Waals surface area contributed by atoms with Crippen LogP contribution in [0, 0.1) is 0 Å². The number of hydrogen-bond acceptors (Lipinski definition) is 3. The number of rotatable bonds is 8. The van der Waals surface area contributed by atoms with Crippen molar-refractivity contribution in [1.82, 2.24) is 0 Å². The molecular formula is C18H13F17O3S2. The summed E-state index contributed by atoms with van der Waals surface area (Å²) in [5, 5.41) is -7.95. The highest BCUT2D eigenvalue weighted by molar-refractivity contribution is 7.97. The first-order chi connectivity index (χ1) is 17.5. The molecule has 0 saturated carbocycles. The van der Waals surface area contributed by atoms with Gasteiger partial charge in [-0.1, -0.05) is 18.2 Å². The van der Waals surface area contributed by atoms with Crippen LogP contribution in [-0.2, 0) is 21.0 Å². The lowest BCUT2D eigenvalue weighted by Gasteiger charge is -2.42. The number of hydrogen-bond donors (Lipinski definition) is 0. The van der Waals surface area contributed by atoms with Crippen molar-refractivity contribution in [3.05, 3.63) is 30.3 Å². The van der Waals surface area contributed by atoms with Crippen molar-refractivity contribution in [3.8, 4) is 0 Å². The van der Waals surface area contributed by atoms with Crippen LogP contribution in [0.2, 0.25) is 0 Å². The van der Waals surface area contributed by atoms with E-state index >= 15 is 0 Å². The van der Waals surface area contributed by atoms with Crippen LogP contribution >= 0.6 is 0 Å². The van der Waals surface area contributed by atoms with Gasteiger partial charge in [0, 0.05) is 10.9 Å². The van der Waals surface area contributed by atoms with E-state index in [0.29, 0.717) is 10.9 Å². The molecule has 1 aliphatic heterocycles. The van der Waals surface area contributed by atoms with Gasteiger partial charge in [-0.15, -0.1) is 0 Å². The fourth-order valence-corrected chi connectivity index (χ4v) is 5.57. The minimum absolute atomic E-state index is 0.609. The number of halogens is 17. The molecule has 0 spiro atoms. The van der Waals surface area contributed by atoms with E-state index in [1.165, 1.54) is 24.3 Å². The average molecular weight is 664 g/mol. The second kappa shape index (κ2) is 10.8. The Labute approximate surface area is 215 Å². The summed E-state index contributed by atoms with van der Waals surface area (Å²) in [4.78, 5) is 1.57. The number of benzene rings is 1. The Bertz CT molecular complexity index is 1110. The van der Waals surface area contributed by atoms with Crippen LogP contribution in [0.4, 0.5) is 74.6 Å². The van der Waals surface area contributed by atoms with Crippen molar-refractivity contribution in [2.75, 3.05) is 11.5 Å². The van der Waals surface area contributed by atoms with Crippen LogP contribution in [-0.4, -0.2) is 71.4 Å². The van der Waals surface area contributed by atoms with Crippen LogP contribution < -0.4 is 0 Å². The molecule has 0 unspecified atom stereocenters.